The Hall–Kier alpha value is -3.07. The van der Waals surface area contributed by atoms with Gasteiger partial charge in [0.25, 0.3) is 10.0 Å². The molecular weight excluding hydrogens is 459 g/mol. The van der Waals surface area contributed by atoms with Crippen LogP contribution in [-0.4, -0.2) is 25.5 Å². The van der Waals surface area contributed by atoms with E-state index in [0.29, 0.717) is 22.5 Å². The second kappa shape index (κ2) is 8.58. The summed E-state index contributed by atoms with van der Waals surface area (Å²) in [5.74, 6) is 0.976. The number of sulfonamides is 1. The van der Waals surface area contributed by atoms with Gasteiger partial charge in [0.1, 0.15) is 5.75 Å². The minimum absolute atomic E-state index is 0.0422. The summed E-state index contributed by atoms with van der Waals surface area (Å²) in [5.41, 5.74) is 1.82. The molecule has 31 heavy (non-hydrogen) atoms. The molecule has 0 aliphatic rings. The Morgan fingerprint density at radius 3 is 2.10 bits per heavy atom. The van der Waals surface area contributed by atoms with Gasteiger partial charge in [-0.25, -0.2) is 18.4 Å². The van der Waals surface area contributed by atoms with E-state index in [2.05, 4.69) is 20.0 Å². The first-order chi connectivity index (χ1) is 14.9. The highest BCUT2D eigenvalue weighted by Crippen LogP contribution is 2.29. The van der Waals surface area contributed by atoms with E-state index < -0.39 is 10.0 Å². The molecule has 0 aliphatic carbocycles. The van der Waals surface area contributed by atoms with Crippen LogP contribution in [0.4, 0.5) is 17.3 Å². The number of ether oxygens (including phenoxy) is 1. The highest BCUT2D eigenvalue weighted by atomic mass is 35.5. The normalized spacial score (nSPS) is 11.3. The molecule has 1 aromatic heterocycles. The third-order valence-electron chi connectivity index (χ3n) is 4.36. The molecule has 0 saturated carbocycles. The van der Waals surface area contributed by atoms with Crippen molar-refractivity contribution >= 4 is 61.6 Å². The number of benzene rings is 3. The standard InChI is InChI=1S/C21H16Cl2N4O3S/c1-30-14-8-6-13(7-9-14)24-20-21(26-19-5-3-2-4-18(19)25-20)27-31(28,29)15-10-11-16(22)17(23)12-15/h2-12H,1H3,(H,24,25)(H,26,27). The summed E-state index contributed by atoms with van der Waals surface area (Å²) in [6.07, 6.45) is 0. The number of methoxy groups -OCH3 is 1. The number of halogens is 2. The molecule has 0 radical (unpaired) electrons. The first kappa shape index (κ1) is 21.2. The van der Waals surface area contributed by atoms with Gasteiger partial charge in [-0.15, -0.1) is 0 Å². The van der Waals surface area contributed by atoms with Crippen molar-refractivity contribution in [1.29, 1.82) is 0 Å². The van der Waals surface area contributed by atoms with Crippen molar-refractivity contribution in [3.05, 3.63) is 76.8 Å². The molecule has 0 fully saturated rings. The van der Waals surface area contributed by atoms with Gasteiger partial charge in [0.05, 0.1) is 33.1 Å². The summed E-state index contributed by atoms with van der Waals surface area (Å²) in [6, 6.07) is 18.3. The summed E-state index contributed by atoms with van der Waals surface area (Å²) in [7, 11) is -2.43. The summed E-state index contributed by atoms with van der Waals surface area (Å²) in [4.78, 5) is 8.95. The van der Waals surface area contributed by atoms with Crippen LogP contribution < -0.4 is 14.8 Å². The van der Waals surface area contributed by atoms with Crippen LogP contribution in [0.3, 0.4) is 0 Å². The molecule has 10 heteroatoms. The highest BCUT2D eigenvalue weighted by Gasteiger charge is 2.20. The fourth-order valence-corrected chi connectivity index (χ4v) is 4.20. The fourth-order valence-electron chi connectivity index (χ4n) is 2.80. The maximum absolute atomic E-state index is 13.0. The number of hydrogen-bond donors (Lipinski definition) is 2. The first-order valence-electron chi connectivity index (χ1n) is 9.01. The monoisotopic (exact) mass is 474 g/mol. The van der Waals surface area contributed by atoms with Gasteiger partial charge in [-0.3, -0.25) is 4.72 Å². The molecule has 0 spiro atoms. The number of hydrogen-bond acceptors (Lipinski definition) is 6. The molecule has 4 rings (SSSR count). The SMILES string of the molecule is COc1ccc(Nc2nc3ccccc3nc2NS(=O)(=O)c2ccc(Cl)c(Cl)c2)cc1. The molecule has 2 N–H and O–H groups in total. The van der Waals surface area contributed by atoms with Crippen LogP contribution in [0.1, 0.15) is 0 Å². The van der Waals surface area contributed by atoms with Crippen molar-refractivity contribution in [3.8, 4) is 5.75 Å². The number of nitrogens with zero attached hydrogens (tertiary/aromatic N) is 2. The van der Waals surface area contributed by atoms with Crippen molar-refractivity contribution in [1.82, 2.24) is 9.97 Å². The molecule has 158 valence electrons. The van der Waals surface area contributed by atoms with Crippen LogP contribution in [0.5, 0.6) is 5.75 Å². The van der Waals surface area contributed by atoms with Crippen LogP contribution in [0.2, 0.25) is 10.0 Å². The second-order valence-electron chi connectivity index (χ2n) is 6.44. The van der Waals surface area contributed by atoms with Gasteiger partial charge in [0.2, 0.25) is 0 Å². The van der Waals surface area contributed by atoms with Crippen molar-refractivity contribution in [2.75, 3.05) is 17.1 Å². The molecule has 0 atom stereocenters. The molecule has 0 aliphatic heterocycles. The van der Waals surface area contributed by atoms with E-state index in [1.165, 1.54) is 18.2 Å². The Bertz CT molecular complexity index is 1360. The number of nitrogens with one attached hydrogen (secondary N) is 2. The quantitative estimate of drug-likeness (QED) is 0.383. The van der Waals surface area contributed by atoms with Gasteiger partial charge in [-0.2, -0.15) is 0 Å². The van der Waals surface area contributed by atoms with E-state index in [1.807, 2.05) is 6.07 Å². The number of para-hydroxylation sites is 2. The molecule has 0 unspecified atom stereocenters. The van der Waals surface area contributed by atoms with Gasteiger partial charge in [0, 0.05) is 5.69 Å². The predicted octanol–water partition coefficient (Wildman–Crippen LogP) is 5.49. The van der Waals surface area contributed by atoms with E-state index in [9.17, 15) is 8.42 Å². The summed E-state index contributed by atoms with van der Waals surface area (Å²) >= 11 is 11.9. The third-order valence-corrected chi connectivity index (χ3v) is 6.43. The first-order valence-corrected chi connectivity index (χ1v) is 11.3. The number of fused-ring (bicyclic) bond motifs is 1. The minimum Gasteiger partial charge on any atom is -0.497 e. The average Bonchev–Trinajstić information content (AvgIpc) is 2.76. The lowest BCUT2D eigenvalue weighted by Gasteiger charge is -2.14. The van der Waals surface area contributed by atoms with Crippen molar-refractivity contribution in [2.24, 2.45) is 0 Å². The third kappa shape index (κ3) is 4.66. The van der Waals surface area contributed by atoms with Gasteiger partial charge in [-0.1, -0.05) is 35.3 Å². The molecule has 0 amide bonds. The van der Waals surface area contributed by atoms with Gasteiger partial charge in [0.15, 0.2) is 11.6 Å². The van der Waals surface area contributed by atoms with E-state index in [1.54, 1.807) is 49.6 Å². The maximum atomic E-state index is 13.0. The zero-order valence-electron chi connectivity index (χ0n) is 16.1. The number of rotatable bonds is 6. The lowest BCUT2D eigenvalue weighted by atomic mass is 10.3. The van der Waals surface area contributed by atoms with Crippen LogP contribution in [0, 0.1) is 0 Å². The summed E-state index contributed by atoms with van der Waals surface area (Å²) < 4.78 is 33.6. The summed E-state index contributed by atoms with van der Waals surface area (Å²) in [6.45, 7) is 0. The minimum atomic E-state index is -4.00. The molecule has 0 bridgehead atoms. The molecule has 7 nitrogen and oxygen atoms in total. The Morgan fingerprint density at radius 2 is 1.48 bits per heavy atom. The van der Waals surface area contributed by atoms with Crippen LogP contribution >= 0.6 is 23.2 Å². The molecule has 0 saturated heterocycles. The van der Waals surface area contributed by atoms with Gasteiger partial charge < -0.3 is 10.1 Å². The van der Waals surface area contributed by atoms with Gasteiger partial charge in [-0.05, 0) is 54.6 Å². The molecule has 1 heterocycles. The Kier molecular flexibility index (Phi) is 5.86. The topological polar surface area (TPSA) is 93.2 Å². The van der Waals surface area contributed by atoms with Crippen molar-refractivity contribution < 1.29 is 13.2 Å². The molecular formula is C21H16Cl2N4O3S. The van der Waals surface area contributed by atoms with E-state index in [0.717, 1.165) is 0 Å². The smallest absolute Gasteiger partial charge is 0.263 e. The maximum Gasteiger partial charge on any atom is 0.263 e. The Balaban J connectivity index is 1.75. The Labute approximate surface area is 189 Å². The van der Waals surface area contributed by atoms with Crippen LogP contribution in [-0.2, 0) is 10.0 Å². The zero-order chi connectivity index (χ0) is 22.0. The van der Waals surface area contributed by atoms with E-state index in [-0.39, 0.29) is 26.6 Å². The van der Waals surface area contributed by atoms with E-state index in [4.69, 9.17) is 27.9 Å². The van der Waals surface area contributed by atoms with Crippen LogP contribution in [0.15, 0.2) is 71.6 Å². The van der Waals surface area contributed by atoms with E-state index >= 15 is 0 Å². The number of anilines is 3. The molecule has 4 aromatic rings. The Morgan fingerprint density at radius 1 is 0.839 bits per heavy atom. The summed E-state index contributed by atoms with van der Waals surface area (Å²) in [5, 5.41) is 3.49. The largest absolute Gasteiger partial charge is 0.497 e. The number of aromatic nitrogens is 2. The highest BCUT2D eigenvalue weighted by molar-refractivity contribution is 7.92. The second-order valence-corrected chi connectivity index (χ2v) is 8.94. The zero-order valence-corrected chi connectivity index (χ0v) is 18.5. The van der Waals surface area contributed by atoms with Gasteiger partial charge >= 0.3 is 0 Å². The van der Waals surface area contributed by atoms with Crippen molar-refractivity contribution in [3.63, 3.8) is 0 Å². The lowest BCUT2D eigenvalue weighted by molar-refractivity contribution is 0.415. The average molecular weight is 475 g/mol. The lowest BCUT2D eigenvalue weighted by Crippen LogP contribution is -2.16. The van der Waals surface area contributed by atoms with Crippen LogP contribution in [0.25, 0.3) is 11.0 Å². The fraction of sp³-hybridized carbons (Fsp3) is 0.0476. The predicted molar refractivity (Wildman–Crippen MR) is 123 cm³/mol. The molecule has 3 aromatic carbocycles. The van der Waals surface area contributed by atoms with Crippen molar-refractivity contribution in [2.45, 2.75) is 4.90 Å².